The number of benzene rings is 2. The zero-order valence-electron chi connectivity index (χ0n) is 15.5. The smallest absolute Gasteiger partial charge is 0.257 e. The molecule has 1 aromatic heterocycles. The molecule has 1 saturated heterocycles. The molecule has 0 aliphatic carbocycles. The van der Waals surface area contributed by atoms with Crippen molar-refractivity contribution in [1.82, 2.24) is 14.8 Å². The van der Waals surface area contributed by atoms with Gasteiger partial charge >= 0.3 is 0 Å². The van der Waals surface area contributed by atoms with Crippen LogP contribution in [-0.4, -0.2) is 52.6 Å². The average Bonchev–Trinajstić information content (AvgIpc) is 2.98. The first-order valence-corrected chi connectivity index (χ1v) is 10.8. The normalized spacial score (nSPS) is 15.7. The fourth-order valence-corrected chi connectivity index (χ4v) is 4.22. The van der Waals surface area contributed by atoms with E-state index in [1.807, 2.05) is 41.3 Å². The van der Waals surface area contributed by atoms with Crippen molar-refractivity contribution in [3.05, 3.63) is 59.1 Å². The van der Waals surface area contributed by atoms with Crippen LogP contribution < -0.4 is 0 Å². The Kier molecular flexibility index (Phi) is 6.20. The monoisotopic (exact) mass is 415 g/mol. The van der Waals surface area contributed by atoms with Crippen LogP contribution in [0.25, 0.3) is 11.1 Å². The van der Waals surface area contributed by atoms with Crippen LogP contribution in [0, 0.1) is 0 Å². The van der Waals surface area contributed by atoms with Crippen LogP contribution in [0.4, 0.5) is 0 Å². The third-order valence-corrected chi connectivity index (χ3v) is 5.92. The van der Waals surface area contributed by atoms with Gasteiger partial charge in [-0.05, 0) is 36.2 Å². The number of nitrogens with zero attached hydrogens (tertiary/aromatic N) is 3. The van der Waals surface area contributed by atoms with Gasteiger partial charge < -0.3 is 9.32 Å². The molecule has 0 radical (unpaired) electrons. The highest BCUT2D eigenvalue weighted by atomic mass is 35.5. The van der Waals surface area contributed by atoms with Gasteiger partial charge in [0.25, 0.3) is 5.22 Å². The molecule has 1 fully saturated rings. The first kappa shape index (κ1) is 19.3. The maximum atomic E-state index is 12.6. The van der Waals surface area contributed by atoms with Gasteiger partial charge in [-0.3, -0.25) is 9.69 Å². The Morgan fingerprint density at radius 1 is 1.07 bits per heavy atom. The second-order valence-corrected chi connectivity index (χ2v) is 8.24. The number of hydrogen-bond donors (Lipinski definition) is 0. The zero-order chi connectivity index (χ0) is 19.3. The van der Waals surface area contributed by atoms with Crippen LogP contribution in [-0.2, 0) is 11.3 Å². The van der Waals surface area contributed by atoms with Crippen LogP contribution in [0.3, 0.4) is 0 Å². The minimum Gasteiger partial charge on any atom is -0.431 e. The number of halogens is 1. The van der Waals surface area contributed by atoms with Gasteiger partial charge in [-0.1, -0.05) is 47.6 Å². The highest BCUT2D eigenvalue weighted by Crippen LogP contribution is 2.23. The molecule has 28 heavy (non-hydrogen) atoms. The quantitative estimate of drug-likeness (QED) is 0.581. The van der Waals surface area contributed by atoms with Gasteiger partial charge in [0.1, 0.15) is 5.52 Å². The third-order valence-electron chi connectivity index (χ3n) is 4.85. The molecule has 7 heteroatoms. The summed E-state index contributed by atoms with van der Waals surface area (Å²) < 4.78 is 5.69. The van der Waals surface area contributed by atoms with E-state index in [4.69, 9.17) is 16.0 Å². The summed E-state index contributed by atoms with van der Waals surface area (Å²) in [6.07, 6.45) is 0.979. The van der Waals surface area contributed by atoms with E-state index in [1.54, 1.807) is 0 Å². The summed E-state index contributed by atoms with van der Waals surface area (Å²) in [5.41, 5.74) is 2.82. The number of aromatic nitrogens is 1. The summed E-state index contributed by atoms with van der Waals surface area (Å²) in [5, 5.41) is 1.31. The fraction of sp³-hybridized carbons (Fsp3) is 0.333. The summed E-state index contributed by atoms with van der Waals surface area (Å²) in [7, 11) is 0. The molecule has 4 rings (SSSR count). The Labute approximate surface area is 173 Å². The highest BCUT2D eigenvalue weighted by Gasteiger charge is 2.20. The van der Waals surface area contributed by atoms with E-state index in [-0.39, 0.29) is 5.91 Å². The summed E-state index contributed by atoms with van der Waals surface area (Å²) in [5.74, 6) is 0.491. The van der Waals surface area contributed by atoms with Gasteiger partial charge in [-0.15, -0.1) is 0 Å². The predicted octanol–water partition coefficient (Wildman–Crippen LogP) is 4.31. The van der Waals surface area contributed by atoms with Crippen molar-refractivity contribution in [1.29, 1.82) is 0 Å². The maximum absolute atomic E-state index is 12.6. The van der Waals surface area contributed by atoms with Crippen molar-refractivity contribution in [3.63, 3.8) is 0 Å². The van der Waals surface area contributed by atoms with E-state index in [1.165, 1.54) is 17.3 Å². The fourth-order valence-electron chi connectivity index (χ4n) is 3.35. The Bertz CT molecular complexity index is 911. The van der Waals surface area contributed by atoms with E-state index in [0.29, 0.717) is 11.0 Å². The lowest BCUT2D eigenvalue weighted by molar-refractivity contribution is -0.128. The van der Waals surface area contributed by atoms with Crippen molar-refractivity contribution >= 4 is 40.4 Å². The topological polar surface area (TPSA) is 49.6 Å². The SMILES string of the molecule is O=C(CSc1nc2ccccc2o1)N1CCCN(Cc2ccc(Cl)cc2)CC1. The molecule has 0 atom stereocenters. The molecule has 1 amide bonds. The summed E-state index contributed by atoms with van der Waals surface area (Å²) in [6, 6.07) is 15.6. The average molecular weight is 416 g/mol. The number of rotatable bonds is 5. The van der Waals surface area contributed by atoms with Crippen molar-refractivity contribution in [2.75, 3.05) is 31.9 Å². The molecule has 146 valence electrons. The third kappa shape index (κ3) is 4.87. The van der Waals surface area contributed by atoms with Crippen molar-refractivity contribution in [2.45, 2.75) is 18.2 Å². The Morgan fingerprint density at radius 2 is 1.89 bits per heavy atom. The molecule has 0 saturated carbocycles. The molecule has 2 heterocycles. The van der Waals surface area contributed by atoms with Gasteiger partial charge in [0, 0.05) is 37.7 Å². The summed E-state index contributed by atoms with van der Waals surface area (Å²) >= 11 is 7.32. The first-order valence-electron chi connectivity index (χ1n) is 9.40. The second-order valence-electron chi connectivity index (χ2n) is 6.87. The highest BCUT2D eigenvalue weighted by molar-refractivity contribution is 7.99. The lowest BCUT2D eigenvalue weighted by atomic mass is 10.2. The Balaban J connectivity index is 1.28. The maximum Gasteiger partial charge on any atom is 0.257 e. The first-order chi connectivity index (χ1) is 13.7. The number of carbonyl (C=O) groups is 1. The predicted molar refractivity (Wildman–Crippen MR) is 113 cm³/mol. The van der Waals surface area contributed by atoms with Gasteiger partial charge in [-0.25, -0.2) is 4.98 Å². The van der Waals surface area contributed by atoms with Gasteiger partial charge in [0.15, 0.2) is 5.58 Å². The van der Waals surface area contributed by atoms with Crippen molar-refractivity contribution in [3.8, 4) is 0 Å². The lowest BCUT2D eigenvalue weighted by Gasteiger charge is -2.22. The molecule has 0 N–H and O–H groups in total. The Hall–Kier alpha value is -2.02. The van der Waals surface area contributed by atoms with Crippen LogP contribution >= 0.6 is 23.4 Å². The van der Waals surface area contributed by atoms with Gasteiger partial charge in [-0.2, -0.15) is 0 Å². The molecule has 1 aliphatic rings. The number of oxazole rings is 1. The second kappa shape index (κ2) is 8.99. The van der Waals surface area contributed by atoms with E-state index in [2.05, 4.69) is 22.0 Å². The van der Waals surface area contributed by atoms with E-state index >= 15 is 0 Å². The number of hydrogen-bond acceptors (Lipinski definition) is 5. The van der Waals surface area contributed by atoms with Gasteiger partial charge in [0.2, 0.25) is 5.91 Å². The molecular formula is C21H22ClN3O2S. The number of fused-ring (bicyclic) bond motifs is 1. The molecule has 2 aromatic carbocycles. The molecule has 3 aromatic rings. The van der Waals surface area contributed by atoms with Gasteiger partial charge in [0.05, 0.1) is 5.75 Å². The van der Waals surface area contributed by atoms with E-state index < -0.39 is 0 Å². The molecule has 0 spiro atoms. The zero-order valence-corrected chi connectivity index (χ0v) is 17.1. The molecular weight excluding hydrogens is 394 g/mol. The van der Waals surface area contributed by atoms with Crippen molar-refractivity contribution in [2.24, 2.45) is 0 Å². The molecule has 0 bridgehead atoms. The van der Waals surface area contributed by atoms with E-state index in [9.17, 15) is 4.79 Å². The van der Waals surface area contributed by atoms with E-state index in [0.717, 1.165) is 55.3 Å². The molecule has 0 unspecified atom stereocenters. The largest absolute Gasteiger partial charge is 0.431 e. The van der Waals surface area contributed by atoms with Crippen LogP contribution in [0.1, 0.15) is 12.0 Å². The summed E-state index contributed by atoms with van der Waals surface area (Å²) in [4.78, 5) is 21.4. The lowest BCUT2D eigenvalue weighted by Crippen LogP contribution is -2.36. The number of para-hydroxylation sites is 2. The van der Waals surface area contributed by atoms with Crippen molar-refractivity contribution < 1.29 is 9.21 Å². The number of thioether (sulfide) groups is 1. The number of amides is 1. The molecule has 5 nitrogen and oxygen atoms in total. The Morgan fingerprint density at radius 3 is 2.71 bits per heavy atom. The standard InChI is InChI=1S/C21H22ClN3O2S/c22-17-8-6-16(7-9-17)14-24-10-3-11-25(13-12-24)20(26)15-28-21-23-18-4-1-2-5-19(18)27-21/h1-2,4-9H,3,10-15H2. The minimum absolute atomic E-state index is 0.139. The minimum atomic E-state index is 0.139. The van der Waals surface area contributed by atoms with Crippen LogP contribution in [0.15, 0.2) is 58.2 Å². The van der Waals surface area contributed by atoms with Crippen LogP contribution in [0.5, 0.6) is 0 Å². The number of carbonyl (C=O) groups excluding carboxylic acids is 1. The molecule has 1 aliphatic heterocycles. The van der Waals surface area contributed by atoms with Crippen LogP contribution in [0.2, 0.25) is 5.02 Å². The summed E-state index contributed by atoms with van der Waals surface area (Å²) in [6.45, 7) is 4.30.